The number of rotatable bonds is 19. The summed E-state index contributed by atoms with van der Waals surface area (Å²) in [4.78, 5) is 12.0. The van der Waals surface area contributed by atoms with E-state index in [1.807, 2.05) is 0 Å². The highest BCUT2D eigenvalue weighted by Gasteiger charge is 2.20. The Morgan fingerprint density at radius 2 is 1.10 bits per heavy atom. The van der Waals surface area contributed by atoms with Crippen LogP contribution >= 0.6 is 0 Å². The minimum atomic E-state index is -4.64. The summed E-state index contributed by atoms with van der Waals surface area (Å²) >= 11 is 0. The fourth-order valence-electron chi connectivity index (χ4n) is 4.74. The van der Waals surface area contributed by atoms with Gasteiger partial charge < -0.3 is 25.4 Å². The lowest BCUT2D eigenvalue weighted by atomic mass is 10.2. The Labute approximate surface area is 348 Å². The number of benzene rings is 4. The zero-order valence-electron chi connectivity index (χ0n) is 31.4. The topological polar surface area (TPSA) is 360 Å². The van der Waals surface area contributed by atoms with Crippen molar-refractivity contribution in [1.82, 2.24) is 15.0 Å². The second kappa shape index (κ2) is 19.0. The molecule has 1 atom stereocenters. The summed E-state index contributed by atoms with van der Waals surface area (Å²) in [6, 6.07) is 18.7. The van der Waals surface area contributed by atoms with Crippen LogP contribution in [0.3, 0.4) is 0 Å². The first-order valence-corrected chi connectivity index (χ1v) is 23.0. The molecule has 0 saturated carbocycles. The van der Waals surface area contributed by atoms with Crippen LogP contribution in [0.4, 0.5) is 52.0 Å². The average molecular weight is 923 g/mol. The lowest BCUT2D eigenvalue weighted by Crippen LogP contribution is -2.27. The molecule has 1 aromatic heterocycles. The average Bonchev–Trinajstić information content (AvgIpc) is 3.18. The third kappa shape index (κ3) is 13.9. The Morgan fingerprint density at radius 1 is 0.607 bits per heavy atom. The van der Waals surface area contributed by atoms with Gasteiger partial charge in [-0.05, 0) is 80.1 Å². The van der Waals surface area contributed by atoms with Gasteiger partial charge in [-0.1, -0.05) is 6.07 Å². The van der Waals surface area contributed by atoms with E-state index in [1.165, 1.54) is 67.8 Å². The minimum absolute atomic E-state index is 0.0232. The minimum Gasteiger partial charge on any atom is -0.494 e. The smallest absolute Gasteiger partial charge is 0.294 e. The van der Waals surface area contributed by atoms with E-state index in [4.69, 9.17) is 14.0 Å². The largest absolute Gasteiger partial charge is 0.494 e. The van der Waals surface area contributed by atoms with Crippen LogP contribution in [-0.4, -0.2) is 91.7 Å². The van der Waals surface area contributed by atoms with E-state index in [0.717, 1.165) is 31.2 Å². The standard InChI is InChI=1S/C33H34N10O14S4/c1-20(59(47,48)49)34-31-37-32(35-27-13-9-23(18-29(27)56-2)42-40-21-7-11-25(12-8-21)60(50,51)52)39-33(38-31)36-28-14-10-24(19-30(28)57-15-4-16-58(44,45)46)43-41-22-5-3-6-26(17-22)61(53,54)55/h3,5-14,17-20H,4,15-16H2,1-2H3,(H,44,45,46)(H,47,48,49)(H,50,51,52)(H,53,54,55)(H3,34,35,36,37,38,39). The van der Waals surface area contributed by atoms with E-state index in [-0.39, 0.29) is 75.7 Å². The molecule has 7 N–H and O–H groups in total. The van der Waals surface area contributed by atoms with E-state index in [9.17, 15) is 47.3 Å². The van der Waals surface area contributed by atoms with Crippen molar-refractivity contribution in [3.8, 4) is 11.5 Å². The van der Waals surface area contributed by atoms with Crippen LogP contribution in [-0.2, 0) is 40.5 Å². The molecule has 0 aliphatic heterocycles. The summed E-state index contributed by atoms with van der Waals surface area (Å²) in [6.07, 6.45) is -0.139. The van der Waals surface area contributed by atoms with Gasteiger partial charge in [-0.25, -0.2) is 0 Å². The third-order valence-corrected chi connectivity index (χ3v) is 11.2. The molecule has 0 spiro atoms. The molecular weight excluding hydrogens is 889 g/mol. The van der Waals surface area contributed by atoms with Crippen molar-refractivity contribution in [3.63, 3.8) is 0 Å². The molecule has 0 aliphatic rings. The predicted molar refractivity (Wildman–Crippen MR) is 218 cm³/mol. The molecule has 0 fully saturated rings. The summed E-state index contributed by atoms with van der Waals surface area (Å²) < 4.78 is 141. The maximum absolute atomic E-state index is 11.9. The van der Waals surface area contributed by atoms with Crippen LogP contribution in [0, 0.1) is 0 Å². The van der Waals surface area contributed by atoms with Crippen LogP contribution in [0.15, 0.2) is 115 Å². The van der Waals surface area contributed by atoms with Crippen molar-refractivity contribution in [2.75, 3.05) is 35.4 Å². The van der Waals surface area contributed by atoms with Gasteiger partial charge in [0.2, 0.25) is 17.8 Å². The van der Waals surface area contributed by atoms with Gasteiger partial charge in [0.25, 0.3) is 40.5 Å². The first kappa shape index (κ1) is 45.8. The van der Waals surface area contributed by atoms with E-state index in [1.54, 1.807) is 0 Å². The van der Waals surface area contributed by atoms with Crippen molar-refractivity contribution in [3.05, 3.63) is 84.9 Å². The highest BCUT2D eigenvalue weighted by Crippen LogP contribution is 2.35. The Balaban J connectivity index is 1.46. The van der Waals surface area contributed by atoms with Gasteiger partial charge in [0.15, 0.2) is 5.37 Å². The Hall–Kier alpha value is -6.27. The lowest BCUT2D eigenvalue weighted by Gasteiger charge is -2.16. The SMILES string of the molecule is COc1cc(N=Nc2ccc(S(=O)(=O)O)cc2)ccc1Nc1nc(Nc2ccc(N=Nc3cccc(S(=O)(=O)O)c3)cc2OCCCS(=O)(=O)O)nc(NC(C)S(=O)(=O)O)n1. The first-order valence-electron chi connectivity index (χ1n) is 17.0. The molecule has 61 heavy (non-hydrogen) atoms. The third-order valence-electron chi connectivity index (χ3n) is 7.67. The van der Waals surface area contributed by atoms with Crippen molar-refractivity contribution in [2.45, 2.75) is 28.5 Å². The molecule has 1 unspecified atom stereocenters. The molecule has 0 aliphatic carbocycles. The van der Waals surface area contributed by atoms with Gasteiger partial charge >= 0.3 is 0 Å². The van der Waals surface area contributed by atoms with Gasteiger partial charge in [0.1, 0.15) is 11.5 Å². The van der Waals surface area contributed by atoms with Crippen LogP contribution in [0.25, 0.3) is 0 Å². The molecule has 5 aromatic rings. The molecule has 4 aromatic carbocycles. The van der Waals surface area contributed by atoms with Gasteiger partial charge in [-0.2, -0.15) is 69.1 Å². The Kier molecular flexibility index (Phi) is 14.2. The van der Waals surface area contributed by atoms with Crippen molar-refractivity contribution < 1.29 is 61.4 Å². The van der Waals surface area contributed by atoms with Crippen molar-refractivity contribution in [2.24, 2.45) is 20.5 Å². The molecule has 324 valence electrons. The number of azo groups is 2. The Bertz CT molecular complexity index is 2920. The van der Waals surface area contributed by atoms with E-state index >= 15 is 0 Å². The number of aromatic nitrogens is 3. The predicted octanol–water partition coefficient (Wildman–Crippen LogP) is 5.99. The highest BCUT2D eigenvalue weighted by molar-refractivity contribution is 7.86. The molecule has 5 rings (SSSR count). The van der Waals surface area contributed by atoms with Gasteiger partial charge in [0.05, 0.1) is 63.4 Å². The molecule has 0 amide bonds. The van der Waals surface area contributed by atoms with Crippen LogP contribution < -0.4 is 25.4 Å². The summed E-state index contributed by atoms with van der Waals surface area (Å²) in [5.41, 5.74) is 1.20. The second-order valence-corrected chi connectivity index (χ2v) is 18.4. The summed E-state index contributed by atoms with van der Waals surface area (Å²) in [6.45, 7) is 0.896. The maximum atomic E-state index is 11.9. The van der Waals surface area contributed by atoms with E-state index in [0.29, 0.717) is 5.69 Å². The fourth-order valence-corrected chi connectivity index (χ4v) is 6.47. The number of methoxy groups -OCH3 is 1. The van der Waals surface area contributed by atoms with Crippen molar-refractivity contribution in [1.29, 1.82) is 0 Å². The number of ether oxygens (including phenoxy) is 2. The number of anilines is 5. The molecule has 0 bridgehead atoms. The summed E-state index contributed by atoms with van der Waals surface area (Å²) in [5, 5.41) is 22.9. The first-order chi connectivity index (χ1) is 28.6. The normalized spacial score (nSPS) is 13.0. The van der Waals surface area contributed by atoms with Gasteiger partial charge in [-0.3, -0.25) is 18.2 Å². The zero-order valence-corrected chi connectivity index (χ0v) is 34.7. The molecule has 24 nitrogen and oxygen atoms in total. The number of hydrogen-bond acceptors (Lipinski definition) is 20. The van der Waals surface area contributed by atoms with E-state index in [2.05, 4.69) is 51.4 Å². The maximum Gasteiger partial charge on any atom is 0.294 e. The number of nitrogens with one attached hydrogen (secondary N) is 3. The fraction of sp³-hybridized carbons (Fsp3) is 0.182. The molecule has 0 radical (unpaired) electrons. The molecular formula is C33H34N10O14S4. The monoisotopic (exact) mass is 922 g/mol. The Morgan fingerprint density at radius 3 is 1.62 bits per heavy atom. The molecule has 1 heterocycles. The highest BCUT2D eigenvalue weighted by atomic mass is 32.2. The van der Waals surface area contributed by atoms with Crippen LogP contribution in [0.2, 0.25) is 0 Å². The number of hydrogen-bond donors (Lipinski definition) is 7. The molecule has 28 heteroatoms. The zero-order chi connectivity index (χ0) is 44.6. The van der Waals surface area contributed by atoms with Crippen LogP contribution in [0.1, 0.15) is 13.3 Å². The van der Waals surface area contributed by atoms with Crippen LogP contribution in [0.5, 0.6) is 11.5 Å². The van der Waals surface area contributed by atoms with Gasteiger partial charge in [0, 0.05) is 12.1 Å². The van der Waals surface area contributed by atoms with Gasteiger partial charge in [-0.15, -0.1) is 0 Å². The van der Waals surface area contributed by atoms with E-state index < -0.39 is 56.5 Å². The molecule has 0 saturated heterocycles. The lowest BCUT2D eigenvalue weighted by molar-refractivity contribution is 0.317. The second-order valence-electron chi connectivity index (χ2n) is 12.3. The quantitative estimate of drug-likeness (QED) is 0.0284. The summed E-state index contributed by atoms with van der Waals surface area (Å²) in [5.74, 6) is -1.17. The number of nitrogens with zero attached hydrogens (tertiary/aromatic N) is 7. The van der Waals surface area contributed by atoms with Crippen molar-refractivity contribution >= 4 is 92.4 Å². The summed E-state index contributed by atoms with van der Waals surface area (Å²) in [7, 11) is -16.5.